The zero-order chi connectivity index (χ0) is 17.4. The second kappa shape index (κ2) is 5.67. The van der Waals surface area contributed by atoms with Gasteiger partial charge in [-0.3, -0.25) is 24.5 Å². The Bertz CT molecular complexity index is 889. The van der Waals surface area contributed by atoms with Crippen LogP contribution < -0.4 is 10.6 Å². The van der Waals surface area contributed by atoms with Crippen LogP contribution in [0.1, 0.15) is 31.1 Å². The predicted molar refractivity (Wildman–Crippen MR) is 84.1 cm³/mol. The number of nitro benzene ring substituents is 1. The van der Waals surface area contributed by atoms with E-state index in [0.29, 0.717) is 5.56 Å². The van der Waals surface area contributed by atoms with Crippen LogP contribution in [-0.2, 0) is 0 Å². The summed E-state index contributed by atoms with van der Waals surface area (Å²) in [6.07, 6.45) is 0. The number of ketones is 1. The highest BCUT2D eigenvalue weighted by molar-refractivity contribution is 6.35. The van der Waals surface area contributed by atoms with E-state index in [1.54, 1.807) is 0 Å². The van der Waals surface area contributed by atoms with Gasteiger partial charge in [-0.15, -0.1) is 0 Å². The van der Waals surface area contributed by atoms with E-state index in [0.717, 1.165) is 4.90 Å². The molecule has 0 atom stereocenters. The molecule has 8 nitrogen and oxygen atoms in total. The van der Waals surface area contributed by atoms with Crippen LogP contribution in [0.15, 0.2) is 42.5 Å². The number of rotatable bonds is 4. The Labute approximate surface area is 135 Å². The zero-order valence-corrected chi connectivity index (χ0v) is 12.3. The van der Waals surface area contributed by atoms with Crippen molar-refractivity contribution in [3.8, 4) is 0 Å². The third-order valence-electron chi connectivity index (χ3n) is 3.72. The van der Waals surface area contributed by atoms with Crippen molar-refractivity contribution in [2.45, 2.75) is 0 Å². The second-order valence-electron chi connectivity index (χ2n) is 5.08. The van der Waals surface area contributed by atoms with E-state index in [1.165, 1.54) is 42.5 Å². The maximum absolute atomic E-state index is 12.5. The molecule has 1 heterocycles. The summed E-state index contributed by atoms with van der Waals surface area (Å²) in [5, 5.41) is 11.1. The highest BCUT2D eigenvalue weighted by Gasteiger charge is 2.41. The van der Waals surface area contributed by atoms with Crippen molar-refractivity contribution in [3.05, 3.63) is 69.3 Å². The summed E-state index contributed by atoms with van der Waals surface area (Å²) in [4.78, 5) is 47.7. The standard InChI is InChI=1S/C16H11N3O5/c17-8-13(20)9-4-6-10(7-5-9)18-15(21)11-2-1-3-12(19(23)24)14(11)16(18)22/h1-7H,8,17H2. The minimum atomic E-state index is -0.764. The Balaban J connectivity index is 2.04. The van der Waals surface area contributed by atoms with Crippen LogP contribution in [0.5, 0.6) is 0 Å². The number of benzene rings is 2. The van der Waals surface area contributed by atoms with Gasteiger partial charge in [-0.25, -0.2) is 4.90 Å². The van der Waals surface area contributed by atoms with Crippen molar-refractivity contribution in [1.82, 2.24) is 0 Å². The molecule has 24 heavy (non-hydrogen) atoms. The first kappa shape index (κ1) is 15.5. The van der Waals surface area contributed by atoms with Crippen molar-refractivity contribution in [1.29, 1.82) is 0 Å². The molecule has 0 unspecified atom stereocenters. The molecule has 0 saturated carbocycles. The number of nitrogens with two attached hydrogens (primary N) is 1. The molecule has 3 rings (SSSR count). The molecule has 0 bridgehead atoms. The van der Waals surface area contributed by atoms with E-state index in [2.05, 4.69) is 0 Å². The lowest BCUT2D eigenvalue weighted by atomic mass is 10.1. The van der Waals surface area contributed by atoms with Crippen molar-refractivity contribution in [3.63, 3.8) is 0 Å². The fourth-order valence-corrected chi connectivity index (χ4v) is 2.57. The van der Waals surface area contributed by atoms with Gasteiger partial charge in [0.25, 0.3) is 17.5 Å². The molecule has 0 saturated heterocycles. The van der Waals surface area contributed by atoms with E-state index in [-0.39, 0.29) is 29.1 Å². The Hall–Kier alpha value is -3.39. The number of nitrogens with zero attached hydrogens (tertiary/aromatic N) is 2. The lowest BCUT2D eigenvalue weighted by Gasteiger charge is -2.14. The van der Waals surface area contributed by atoms with Crippen molar-refractivity contribution in [2.24, 2.45) is 5.73 Å². The van der Waals surface area contributed by atoms with E-state index in [1.807, 2.05) is 0 Å². The van der Waals surface area contributed by atoms with Gasteiger partial charge in [0.2, 0.25) is 0 Å². The van der Waals surface area contributed by atoms with Gasteiger partial charge in [0.05, 0.1) is 22.7 Å². The van der Waals surface area contributed by atoms with Crippen molar-refractivity contribution >= 4 is 29.0 Å². The van der Waals surface area contributed by atoms with Crippen LogP contribution in [0.4, 0.5) is 11.4 Å². The molecule has 8 heteroatoms. The summed E-state index contributed by atoms with van der Waals surface area (Å²) in [7, 11) is 0. The molecule has 2 N–H and O–H groups in total. The maximum Gasteiger partial charge on any atom is 0.283 e. The minimum absolute atomic E-state index is 0.0173. The van der Waals surface area contributed by atoms with Crippen molar-refractivity contribution < 1.29 is 19.3 Å². The summed E-state index contributed by atoms with van der Waals surface area (Å²) in [6.45, 7) is -0.154. The summed E-state index contributed by atoms with van der Waals surface area (Å²) in [5.41, 5.74) is 5.20. The van der Waals surface area contributed by atoms with Gasteiger partial charge in [-0.2, -0.15) is 0 Å². The second-order valence-corrected chi connectivity index (χ2v) is 5.08. The molecule has 2 aromatic carbocycles. The number of hydrogen-bond donors (Lipinski definition) is 1. The number of fused-ring (bicyclic) bond motifs is 1. The zero-order valence-electron chi connectivity index (χ0n) is 12.3. The minimum Gasteiger partial charge on any atom is -0.324 e. The number of carbonyl (C=O) groups is 3. The number of hydrogen-bond acceptors (Lipinski definition) is 6. The summed E-state index contributed by atoms with van der Waals surface area (Å²) < 4.78 is 0. The molecule has 120 valence electrons. The van der Waals surface area contributed by atoms with Crippen LogP contribution in [-0.4, -0.2) is 29.1 Å². The van der Waals surface area contributed by atoms with Gasteiger partial charge in [-0.1, -0.05) is 6.07 Å². The van der Waals surface area contributed by atoms with Gasteiger partial charge < -0.3 is 5.73 Å². The number of imide groups is 1. The average Bonchev–Trinajstić information content (AvgIpc) is 2.85. The fraction of sp³-hybridized carbons (Fsp3) is 0.0625. The van der Waals surface area contributed by atoms with Crippen LogP contribution in [0.25, 0.3) is 0 Å². The predicted octanol–water partition coefficient (Wildman–Crippen LogP) is 1.54. The van der Waals surface area contributed by atoms with E-state index >= 15 is 0 Å². The highest BCUT2D eigenvalue weighted by Crippen LogP contribution is 2.33. The summed E-state index contributed by atoms with van der Waals surface area (Å²) in [5.74, 6) is -1.68. The monoisotopic (exact) mass is 325 g/mol. The van der Waals surface area contributed by atoms with E-state index < -0.39 is 22.4 Å². The molecular weight excluding hydrogens is 314 g/mol. The number of anilines is 1. The van der Waals surface area contributed by atoms with Gasteiger partial charge >= 0.3 is 0 Å². The molecular formula is C16H11N3O5. The number of nitro groups is 1. The first-order valence-electron chi connectivity index (χ1n) is 6.95. The first-order valence-corrected chi connectivity index (χ1v) is 6.95. The van der Waals surface area contributed by atoms with Gasteiger partial charge in [0.15, 0.2) is 5.78 Å². The van der Waals surface area contributed by atoms with Gasteiger partial charge in [-0.05, 0) is 30.3 Å². The first-order chi connectivity index (χ1) is 11.5. The molecule has 0 spiro atoms. The smallest absolute Gasteiger partial charge is 0.283 e. The fourth-order valence-electron chi connectivity index (χ4n) is 2.57. The SMILES string of the molecule is NCC(=O)c1ccc(N2C(=O)c3cccc([N+](=O)[O-])c3C2=O)cc1. The molecule has 0 aliphatic carbocycles. The third-order valence-corrected chi connectivity index (χ3v) is 3.72. The van der Waals surface area contributed by atoms with Crippen LogP contribution >= 0.6 is 0 Å². The number of carbonyl (C=O) groups excluding carboxylic acids is 3. The Kier molecular flexibility index (Phi) is 3.66. The summed E-state index contributed by atoms with van der Waals surface area (Å²) in [6, 6.07) is 9.65. The molecule has 0 aromatic heterocycles. The molecule has 1 aliphatic rings. The van der Waals surface area contributed by atoms with Gasteiger partial charge in [0.1, 0.15) is 5.56 Å². The third kappa shape index (κ3) is 2.25. The van der Waals surface area contributed by atoms with Crippen LogP contribution in [0, 0.1) is 10.1 Å². The molecule has 0 fully saturated rings. The number of Topliss-reactive ketones (excluding diaryl/α,β-unsaturated/α-hetero) is 1. The average molecular weight is 325 g/mol. The van der Waals surface area contributed by atoms with Gasteiger partial charge in [0, 0.05) is 11.6 Å². The maximum atomic E-state index is 12.5. The largest absolute Gasteiger partial charge is 0.324 e. The number of amides is 2. The highest BCUT2D eigenvalue weighted by atomic mass is 16.6. The normalized spacial score (nSPS) is 13.1. The van der Waals surface area contributed by atoms with E-state index in [9.17, 15) is 24.5 Å². The Morgan fingerprint density at radius 3 is 2.33 bits per heavy atom. The Morgan fingerprint density at radius 1 is 1.08 bits per heavy atom. The van der Waals surface area contributed by atoms with Crippen LogP contribution in [0.3, 0.4) is 0 Å². The molecule has 2 aromatic rings. The van der Waals surface area contributed by atoms with Crippen molar-refractivity contribution in [2.75, 3.05) is 11.4 Å². The van der Waals surface area contributed by atoms with Crippen LogP contribution in [0.2, 0.25) is 0 Å². The molecule has 2 amide bonds. The quantitative estimate of drug-likeness (QED) is 0.393. The topological polar surface area (TPSA) is 124 Å². The van der Waals surface area contributed by atoms with E-state index in [4.69, 9.17) is 5.73 Å². The Morgan fingerprint density at radius 2 is 1.75 bits per heavy atom. The molecule has 0 radical (unpaired) electrons. The summed E-state index contributed by atoms with van der Waals surface area (Å²) >= 11 is 0. The lowest BCUT2D eigenvalue weighted by molar-refractivity contribution is -0.385. The lowest BCUT2D eigenvalue weighted by Crippen LogP contribution is -2.29. The molecule has 1 aliphatic heterocycles.